The molecule has 0 bridgehead atoms. The molecule has 0 aliphatic rings. The first-order valence-electron chi connectivity index (χ1n) is 6.36. The number of hydrogen-bond donors (Lipinski definition) is 3. The number of imide groups is 1. The van der Waals surface area contributed by atoms with Crippen molar-refractivity contribution in [3.05, 3.63) is 29.6 Å². The third-order valence-corrected chi connectivity index (χ3v) is 2.74. The molecule has 1 atom stereocenters. The van der Waals surface area contributed by atoms with E-state index in [4.69, 9.17) is 5.11 Å². The zero-order valence-corrected chi connectivity index (χ0v) is 11.8. The molecule has 1 aromatic carbocycles. The van der Waals surface area contributed by atoms with Gasteiger partial charge in [-0.1, -0.05) is 13.0 Å². The van der Waals surface area contributed by atoms with Gasteiger partial charge in [0.2, 0.25) is 5.91 Å². The Balaban J connectivity index is 2.47. The normalized spacial score (nSPS) is 11.6. The zero-order valence-electron chi connectivity index (χ0n) is 11.8. The summed E-state index contributed by atoms with van der Waals surface area (Å²) in [7, 11) is 0. The van der Waals surface area contributed by atoms with Crippen molar-refractivity contribution in [3.63, 3.8) is 0 Å². The quantitative estimate of drug-likeness (QED) is 0.776. The van der Waals surface area contributed by atoms with Gasteiger partial charge < -0.3 is 10.4 Å². The summed E-state index contributed by atoms with van der Waals surface area (Å²) in [6.07, 6.45) is -0.236. The van der Waals surface area contributed by atoms with E-state index in [-0.39, 0.29) is 24.4 Å². The van der Waals surface area contributed by atoms with Gasteiger partial charge in [0.1, 0.15) is 5.82 Å². The molecule has 1 aromatic rings. The summed E-state index contributed by atoms with van der Waals surface area (Å²) in [6.45, 7) is 3.19. The van der Waals surface area contributed by atoms with Crippen LogP contribution in [0.2, 0.25) is 0 Å². The predicted molar refractivity (Wildman–Crippen MR) is 74.3 cm³/mol. The summed E-state index contributed by atoms with van der Waals surface area (Å²) in [5.41, 5.74) is 0.668. The number of carboxylic acid groups (broad SMARTS) is 1. The third-order valence-electron chi connectivity index (χ3n) is 2.74. The number of hydrogen-bond acceptors (Lipinski definition) is 3. The van der Waals surface area contributed by atoms with Gasteiger partial charge in [-0.3, -0.25) is 14.9 Å². The van der Waals surface area contributed by atoms with Crippen LogP contribution in [0.1, 0.15) is 25.3 Å². The fourth-order valence-electron chi connectivity index (χ4n) is 1.70. The topological polar surface area (TPSA) is 95.5 Å². The maximum absolute atomic E-state index is 13.3. The van der Waals surface area contributed by atoms with E-state index in [1.54, 1.807) is 13.8 Å². The molecule has 1 rings (SSSR count). The number of urea groups is 1. The molecule has 7 heteroatoms. The van der Waals surface area contributed by atoms with Gasteiger partial charge in [-0.2, -0.15) is 0 Å². The number of amides is 3. The molecule has 0 saturated carbocycles. The predicted octanol–water partition coefficient (Wildman–Crippen LogP) is 2.28. The van der Waals surface area contributed by atoms with Crippen molar-refractivity contribution >= 4 is 23.6 Å². The number of carbonyl (C=O) groups is 3. The van der Waals surface area contributed by atoms with Crippen LogP contribution in [0.25, 0.3) is 0 Å². The van der Waals surface area contributed by atoms with Gasteiger partial charge in [-0.25, -0.2) is 9.18 Å². The molecule has 0 radical (unpaired) electrons. The molecule has 6 nitrogen and oxygen atoms in total. The van der Waals surface area contributed by atoms with Crippen molar-refractivity contribution in [3.8, 4) is 0 Å². The van der Waals surface area contributed by atoms with Crippen LogP contribution in [-0.4, -0.2) is 23.0 Å². The lowest BCUT2D eigenvalue weighted by Crippen LogP contribution is -2.35. The second-order valence-corrected chi connectivity index (χ2v) is 4.87. The Bertz CT molecular complexity index is 560. The molecule has 3 N–H and O–H groups in total. The Morgan fingerprint density at radius 3 is 2.52 bits per heavy atom. The van der Waals surface area contributed by atoms with E-state index in [2.05, 4.69) is 10.6 Å². The fraction of sp³-hybridized carbons (Fsp3) is 0.357. The van der Waals surface area contributed by atoms with Gasteiger partial charge in [0.15, 0.2) is 0 Å². The zero-order chi connectivity index (χ0) is 16.0. The highest BCUT2D eigenvalue weighted by atomic mass is 19.1. The Kier molecular flexibility index (Phi) is 5.83. The maximum atomic E-state index is 13.3. The summed E-state index contributed by atoms with van der Waals surface area (Å²) in [4.78, 5) is 33.5. The van der Waals surface area contributed by atoms with Crippen LogP contribution in [0.15, 0.2) is 18.2 Å². The Morgan fingerprint density at radius 2 is 1.95 bits per heavy atom. The fourth-order valence-corrected chi connectivity index (χ4v) is 1.70. The van der Waals surface area contributed by atoms with Crippen LogP contribution < -0.4 is 10.6 Å². The molecule has 0 saturated heterocycles. The smallest absolute Gasteiger partial charge is 0.325 e. The molecular weight excluding hydrogens is 279 g/mol. The SMILES string of the molecule is Cc1ccc(NC(=O)NC(=O)CC(C)CC(=O)O)cc1F. The Hall–Kier alpha value is -2.44. The molecule has 0 fully saturated rings. The van der Waals surface area contributed by atoms with Crippen LogP contribution in [-0.2, 0) is 9.59 Å². The average Bonchev–Trinajstić information content (AvgIpc) is 2.32. The number of halogens is 1. The van der Waals surface area contributed by atoms with E-state index in [9.17, 15) is 18.8 Å². The van der Waals surface area contributed by atoms with Gasteiger partial charge in [-0.05, 0) is 30.5 Å². The summed E-state index contributed by atoms with van der Waals surface area (Å²) >= 11 is 0. The van der Waals surface area contributed by atoms with Crippen molar-refractivity contribution in [1.82, 2.24) is 5.32 Å². The summed E-state index contributed by atoms with van der Waals surface area (Å²) in [5, 5.41) is 13.0. The van der Waals surface area contributed by atoms with Crippen LogP contribution >= 0.6 is 0 Å². The number of carboxylic acids is 1. The second kappa shape index (κ2) is 7.37. The van der Waals surface area contributed by atoms with E-state index in [0.717, 1.165) is 6.07 Å². The molecule has 0 aromatic heterocycles. The standard InChI is InChI=1S/C14H17FN2O4/c1-8(6-13(19)20)5-12(18)17-14(21)16-10-4-3-9(2)11(15)7-10/h3-4,7-8H,5-6H2,1-2H3,(H,19,20)(H2,16,17,18,21). The van der Waals surface area contributed by atoms with Crippen molar-refractivity contribution in [2.24, 2.45) is 5.92 Å². The van der Waals surface area contributed by atoms with Crippen LogP contribution in [0.4, 0.5) is 14.9 Å². The number of nitrogens with one attached hydrogen (secondary N) is 2. The van der Waals surface area contributed by atoms with Crippen LogP contribution in [0, 0.1) is 18.7 Å². The highest BCUT2D eigenvalue weighted by Crippen LogP contribution is 2.13. The molecule has 114 valence electrons. The van der Waals surface area contributed by atoms with Crippen molar-refractivity contribution in [2.75, 3.05) is 5.32 Å². The number of benzene rings is 1. The molecule has 0 heterocycles. The van der Waals surface area contributed by atoms with Gasteiger partial charge >= 0.3 is 12.0 Å². The molecule has 0 spiro atoms. The number of anilines is 1. The lowest BCUT2D eigenvalue weighted by atomic mass is 10.0. The van der Waals surface area contributed by atoms with Gasteiger partial charge in [-0.15, -0.1) is 0 Å². The highest BCUT2D eigenvalue weighted by Gasteiger charge is 2.15. The number of carbonyl (C=O) groups excluding carboxylic acids is 2. The van der Waals surface area contributed by atoms with E-state index in [0.29, 0.717) is 5.56 Å². The third kappa shape index (κ3) is 6.03. The minimum Gasteiger partial charge on any atom is -0.481 e. The minimum absolute atomic E-state index is 0.0814. The largest absolute Gasteiger partial charge is 0.481 e. The Morgan fingerprint density at radius 1 is 1.29 bits per heavy atom. The molecule has 0 aliphatic heterocycles. The number of aryl methyl sites for hydroxylation is 1. The number of aliphatic carboxylic acids is 1. The minimum atomic E-state index is -1.00. The second-order valence-electron chi connectivity index (χ2n) is 4.87. The first kappa shape index (κ1) is 16.6. The first-order chi connectivity index (χ1) is 9.77. The monoisotopic (exact) mass is 296 g/mol. The molecule has 1 unspecified atom stereocenters. The Labute approximate surface area is 121 Å². The van der Waals surface area contributed by atoms with Crippen molar-refractivity contribution in [1.29, 1.82) is 0 Å². The van der Waals surface area contributed by atoms with Gasteiger partial charge in [0, 0.05) is 18.5 Å². The summed E-state index contributed by atoms with van der Waals surface area (Å²) < 4.78 is 13.3. The van der Waals surface area contributed by atoms with E-state index in [1.807, 2.05) is 0 Å². The lowest BCUT2D eigenvalue weighted by Gasteiger charge is -2.10. The molecule has 3 amide bonds. The molecule has 21 heavy (non-hydrogen) atoms. The average molecular weight is 296 g/mol. The van der Waals surface area contributed by atoms with Crippen molar-refractivity contribution in [2.45, 2.75) is 26.7 Å². The van der Waals surface area contributed by atoms with Gasteiger partial charge in [0.05, 0.1) is 0 Å². The summed E-state index contributed by atoms with van der Waals surface area (Å²) in [5.74, 6) is -2.44. The molecular formula is C14H17FN2O4. The summed E-state index contributed by atoms with van der Waals surface area (Å²) in [6, 6.07) is 3.37. The van der Waals surface area contributed by atoms with E-state index < -0.39 is 23.7 Å². The van der Waals surface area contributed by atoms with Crippen LogP contribution in [0.5, 0.6) is 0 Å². The van der Waals surface area contributed by atoms with Crippen LogP contribution in [0.3, 0.4) is 0 Å². The molecule has 0 aliphatic carbocycles. The van der Waals surface area contributed by atoms with Crippen molar-refractivity contribution < 1.29 is 23.9 Å². The first-order valence-corrected chi connectivity index (χ1v) is 6.36. The maximum Gasteiger partial charge on any atom is 0.325 e. The lowest BCUT2D eigenvalue weighted by molar-refractivity contribution is -0.138. The van der Waals surface area contributed by atoms with E-state index in [1.165, 1.54) is 12.1 Å². The highest BCUT2D eigenvalue weighted by molar-refractivity contribution is 6.01. The van der Waals surface area contributed by atoms with Gasteiger partial charge in [0.25, 0.3) is 0 Å². The number of rotatable bonds is 5. The van der Waals surface area contributed by atoms with E-state index >= 15 is 0 Å².